The van der Waals surface area contributed by atoms with Crippen LogP contribution in [0.15, 0.2) is 22.8 Å². The van der Waals surface area contributed by atoms with Crippen LogP contribution in [0.25, 0.3) is 0 Å². The van der Waals surface area contributed by atoms with Gasteiger partial charge < -0.3 is 15.7 Å². The van der Waals surface area contributed by atoms with Crippen LogP contribution in [0.3, 0.4) is 0 Å². The van der Waals surface area contributed by atoms with Crippen LogP contribution >= 0.6 is 15.9 Å². The Balaban J connectivity index is 0.000000960. The van der Waals surface area contributed by atoms with Crippen LogP contribution in [0.4, 0.5) is 10.6 Å². The van der Waals surface area contributed by atoms with Crippen molar-refractivity contribution in [1.82, 2.24) is 9.88 Å². The van der Waals surface area contributed by atoms with Crippen LogP contribution < -0.4 is 10.6 Å². The van der Waals surface area contributed by atoms with Crippen LogP contribution in [0.5, 0.6) is 0 Å². The molecule has 1 aliphatic heterocycles. The summed E-state index contributed by atoms with van der Waals surface area (Å²) in [7, 11) is -2.22. The number of carboxylic acid groups (broad SMARTS) is 1. The van der Waals surface area contributed by atoms with Gasteiger partial charge in [0.1, 0.15) is 10.8 Å². The summed E-state index contributed by atoms with van der Waals surface area (Å²) in [5, 5.41) is 7.19. The molecule has 0 saturated carbocycles. The molecule has 3 N–H and O–H groups in total. The van der Waals surface area contributed by atoms with E-state index in [9.17, 15) is 8.42 Å². The Morgan fingerprint density at radius 3 is 2.41 bits per heavy atom. The van der Waals surface area contributed by atoms with E-state index in [1.807, 2.05) is 17.0 Å². The van der Waals surface area contributed by atoms with E-state index in [0.29, 0.717) is 24.5 Å². The summed E-state index contributed by atoms with van der Waals surface area (Å²) < 4.78 is 24.1. The molecular weight excluding hydrogens is 460 g/mol. The lowest BCUT2D eigenvalue weighted by Gasteiger charge is -2.34. The van der Waals surface area contributed by atoms with Gasteiger partial charge in [-0.1, -0.05) is 25.7 Å². The number of rotatable bonds is 5. The van der Waals surface area contributed by atoms with Crippen molar-refractivity contribution in [1.29, 1.82) is 0 Å². The number of piperazine rings is 1. The second-order valence-corrected chi connectivity index (χ2v) is 8.12. The highest BCUT2D eigenvalue weighted by Crippen LogP contribution is 2.16. The smallest absolute Gasteiger partial charge is 0.402 e. The number of anilines is 1. The first-order chi connectivity index (χ1) is 13.8. The summed E-state index contributed by atoms with van der Waals surface area (Å²) in [6.07, 6.45) is 5.01. The molecule has 1 fully saturated rings. The summed E-state index contributed by atoms with van der Waals surface area (Å²) >= 11 is 3.38. The van der Waals surface area contributed by atoms with Gasteiger partial charge in [0.15, 0.2) is 0 Å². The van der Waals surface area contributed by atoms with Gasteiger partial charge in [-0.2, -0.15) is 8.42 Å². The molecule has 0 radical (unpaired) electrons. The van der Waals surface area contributed by atoms with Crippen molar-refractivity contribution in [2.24, 2.45) is 5.73 Å². The van der Waals surface area contributed by atoms with E-state index < -0.39 is 16.4 Å². The molecule has 0 bridgehead atoms. The second-order valence-electron chi connectivity index (χ2n) is 6.26. The number of halogens is 1. The molecule has 0 aliphatic carbocycles. The molecule has 160 valence electrons. The lowest BCUT2D eigenvalue weighted by molar-refractivity contribution is 0.205. The highest BCUT2D eigenvalue weighted by atomic mass is 79.9. The zero-order valence-corrected chi connectivity index (χ0v) is 18.9. The van der Waals surface area contributed by atoms with E-state index in [4.69, 9.17) is 9.90 Å². The van der Waals surface area contributed by atoms with Crippen molar-refractivity contribution in [2.45, 2.75) is 39.0 Å². The summed E-state index contributed by atoms with van der Waals surface area (Å²) in [6, 6.07) is 3.94. The van der Waals surface area contributed by atoms with Crippen molar-refractivity contribution in [3.63, 3.8) is 0 Å². The number of unbranched alkanes of at least 4 members (excludes halogenated alkanes) is 3. The number of hydrogen-bond donors (Lipinski definition) is 2. The molecule has 8 nitrogen and oxygen atoms in total. The monoisotopic (exact) mass is 486 g/mol. The molecule has 29 heavy (non-hydrogen) atoms. The normalized spacial score (nSPS) is 13.5. The lowest BCUT2D eigenvalue weighted by atomic mass is 10.2. The number of nitrogens with zero attached hydrogens (tertiary/aromatic N) is 3. The minimum Gasteiger partial charge on any atom is -0.465 e. The first-order valence-corrected chi connectivity index (χ1v) is 11.2. The van der Waals surface area contributed by atoms with E-state index in [1.165, 1.54) is 12.8 Å². The van der Waals surface area contributed by atoms with Crippen molar-refractivity contribution in [3.8, 4) is 11.8 Å². The molecule has 2 heterocycles. The Labute approximate surface area is 181 Å². The van der Waals surface area contributed by atoms with E-state index in [2.05, 4.69) is 50.3 Å². The summed E-state index contributed by atoms with van der Waals surface area (Å²) in [6.45, 7) is 4.99. The maximum absolute atomic E-state index is 11.6. The van der Waals surface area contributed by atoms with Crippen molar-refractivity contribution >= 4 is 43.1 Å². The number of pyridine rings is 1. The molecule has 2 rings (SSSR count). The maximum Gasteiger partial charge on any atom is 0.402 e. The maximum atomic E-state index is 11.6. The largest absolute Gasteiger partial charge is 0.465 e. The van der Waals surface area contributed by atoms with Gasteiger partial charge in [0.25, 0.3) is 0 Å². The highest BCUT2D eigenvalue weighted by Gasteiger charge is 2.21. The molecule has 1 aromatic heterocycles. The molecule has 1 amide bonds. The third-order valence-electron chi connectivity index (χ3n) is 4.13. The first kappa shape index (κ1) is 24.9. The van der Waals surface area contributed by atoms with Gasteiger partial charge >= 0.3 is 6.09 Å². The number of primary amides is 1. The van der Waals surface area contributed by atoms with Crippen molar-refractivity contribution in [3.05, 3.63) is 22.8 Å². The summed E-state index contributed by atoms with van der Waals surface area (Å²) in [5.41, 5.74) is 4.03. The predicted octanol–water partition coefficient (Wildman–Crippen LogP) is 2.57. The van der Waals surface area contributed by atoms with Crippen molar-refractivity contribution < 1.29 is 18.3 Å². The standard InChI is InChI=1S/C18H24BrN3O2S.CH3NO2/c1-2-3-4-5-6-7-8-18(25(23)24)22-13-11-21(12-14-22)17-10-9-16(19)15-20-17;2-1(3)4/h9-10,15H,2-5,8,11-14H2,1H3;2H2,(H,3,4). The average Bonchev–Trinajstić information content (AvgIpc) is 2.68. The van der Waals surface area contributed by atoms with Gasteiger partial charge in [-0.15, -0.1) is 5.92 Å². The van der Waals surface area contributed by atoms with Gasteiger partial charge in [0, 0.05) is 43.3 Å². The SMILES string of the molecule is CCCCCC#CCC(N1CCN(c2ccc(Br)cn2)CC1)=S(=O)=O.NC(=O)O. The first-order valence-electron chi connectivity index (χ1n) is 9.35. The van der Waals surface area contributed by atoms with Crippen LogP contribution in [-0.2, 0) is 10.3 Å². The zero-order valence-electron chi connectivity index (χ0n) is 16.5. The number of carbonyl (C=O) groups is 1. The molecule has 0 spiro atoms. The predicted molar refractivity (Wildman–Crippen MR) is 118 cm³/mol. The fourth-order valence-corrected chi connectivity index (χ4v) is 3.52. The number of amides is 1. The number of hydrogen-bond acceptors (Lipinski definition) is 5. The number of nitrogens with two attached hydrogens (primary N) is 1. The van der Waals surface area contributed by atoms with Crippen LogP contribution in [0, 0.1) is 11.8 Å². The fourth-order valence-electron chi connectivity index (χ4n) is 2.71. The van der Waals surface area contributed by atoms with Crippen LogP contribution in [0.1, 0.15) is 39.0 Å². The molecule has 1 aromatic rings. The Hall–Kier alpha value is -2.09. The van der Waals surface area contributed by atoms with Crippen LogP contribution in [0.2, 0.25) is 0 Å². The van der Waals surface area contributed by atoms with Gasteiger partial charge in [-0.05, 0) is 34.5 Å². The van der Waals surface area contributed by atoms with E-state index >= 15 is 0 Å². The quantitative estimate of drug-likeness (QED) is 0.373. The second kappa shape index (κ2) is 14.0. The summed E-state index contributed by atoms with van der Waals surface area (Å²) in [4.78, 5) is 17.7. The average molecular weight is 487 g/mol. The molecule has 1 aliphatic rings. The Kier molecular flexibility index (Phi) is 12.0. The summed E-state index contributed by atoms with van der Waals surface area (Å²) in [5.74, 6) is 7.03. The molecule has 10 heteroatoms. The Bertz CT molecular complexity index is 827. The minimum atomic E-state index is -2.22. The van der Waals surface area contributed by atoms with E-state index in [0.717, 1.165) is 36.2 Å². The van der Waals surface area contributed by atoms with Gasteiger partial charge in [-0.25, -0.2) is 9.78 Å². The van der Waals surface area contributed by atoms with E-state index in [-0.39, 0.29) is 0 Å². The van der Waals surface area contributed by atoms with Crippen molar-refractivity contribution in [2.75, 3.05) is 31.1 Å². The van der Waals surface area contributed by atoms with Gasteiger partial charge in [0.05, 0.1) is 6.42 Å². The third-order valence-corrected chi connectivity index (χ3v) is 5.39. The topological polar surface area (TPSA) is 117 Å². The minimum absolute atomic E-state index is 0.304. The molecule has 1 saturated heterocycles. The Morgan fingerprint density at radius 1 is 1.24 bits per heavy atom. The lowest BCUT2D eigenvalue weighted by Crippen LogP contribution is -2.49. The third kappa shape index (κ3) is 10.3. The van der Waals surface area contributed by atoms with E-state index in [1.54, 1.807) is 6.20 Å². The molecular formula is C19H27BrN4O4S. The Morgan fingerprint density at radius 2 is 1.90 bits per heavy atom. The highest BCUT2D eigenvalue weighted by molar-refractivity contribution is 9.10. The zero-order chi connectivity index (χ0) is 21.6. The van der Waals surface area contributed by atoms with Gasteiger partial charge in [0.2, 0.25) is 10.3 Å². The van der Waals surface area contributed by atoms with Crippen LogP contribution in [-0.4, -0.2) is 60.7 Å². The van der Waals surface area contributed by atoms with Gasteiger partial charge in [-0.3, -0.25) is 4.90 Å². The molecule has 0 atom stereocenters. The molecule has 0 unspecified atom stereocenters. The molecule has 0 aromatic carbocycles. The fraction of sp³-hybridized carbons (Fsp3) is 0.526. The number of aromatic nitrogens is 1.